The van der Waals surface area contributed by atoms with Crippen molar-refractivity contribution in [2.45, 2.75) is 32.6 Å². The molecule has 114 valence electrons. The molecule has 0 aliphatic carbocycles. The Morgan fingerprint density at radius 1 is 1.20 bits per heavy atom. The van der Waals surface area contributed by atoms with Gasteiger partial charge < -0.3 is 5.73 Å². The number of benzene rings is 1. The summed E-state index contributed by atoms with van der Waals surface area (Å²) in [6.45, 7) is 8.57. The molecule has 0 aliphatic heterocycles. The van der Waals surface area contributed by atoms with E-state index in [1.807, 2.05) is 0 Å². The number of rotatable bonds is 6. The third kappa shape index (κ3) is 4.18. The number of anilines is 1. The van der Waals surface area contributed by atoms with Crippen LogP contribution in [0.15, 0.2) is 23.1 Å². The maximum atomic E-state index is 13.3. The van der Waals surface area contributed by atoms with Crippen molar-refractivity contribution in [2.75, 3.05) is 12.3 Å². The molecular weight excluding hydrogens is 279 g/mol. The molecule has 0 amide bonds. The summed E-state index contributed by atoms with van der Waals surface area (Å²) in [5.41, 5.74) is 5.28. The van der Waals surface area contributed by atoms with E-state index in [1.54, 1.807) is 0 Å². The van der Waals surface area contributed by atoms with Crippen molar-refractivity contribution < 1.29 is 12.8 Å². The van der Waals surface area contributed by atoms with Crippen molar-refractivity contribution in [1.82, 2.24) is 4.72 Å². The zero-order valence-electron chi connectivity index (χ0n) is 12.4. The van der Waals surface area contributed by atoms with Gasteiger partial charge in [-0.15, -0.1) is 0 Å². The Balaban J connectivity index is 2.87. The van der Waals surface area contributed by atoms with Crippen LogP contribution < -0.4 is 10.5 Å². The Kier molecular flexibility index (Phi) is 5.53. The molecule has 0 saturated heterocycles. The SMILES string of the molecule is CC(C)C(CNS(=O)(=O)c1ccc(N)c(F)c1)C(C)C. The van der Waals surface area contributed by atoms with E-state index < -0.39 is 15.8 Å². The van der Waals surface area contributed by atoms with Gasteiger partial charge in [-0.25, -0.2) is 17.5 Å². The summed E-state index contributed by atoms with van der Waals surface area (Å²) in [5, 5.41) is 0. The van der Waals surface area contributed by atoms with Gasteiger partial charge in [0, 0.05) is 6.54 Å². The van der Waals surface area contributed by atoms with Crippen LogP contribution in [0.2, 0.25) is 0 Å². The first-order chi connectivity index (χ1) is 9.15. The van der Waals surface area contributed by atoms with Gasteiger partial charge in [-0.3, -0.25) is 0 Å². The number of nitrogen functional groups attached to an aromatic ring is 1. The van der Waals surface area contributed by atoms with Crippen molar-refractivity contribution in [2.24, 2.45) is 17.8 Å². The second-order valence-electron chi connectivity index (χ2n) is 5.69. The van der Waals surface area contributed by atoms with Crippen LogP contribution in [0.5, 0.6) is 0 Å². The molecule has 0 aromatic heterocycles. The summed E-state index contributed by atoms with van der Waals surface area (Å²) in [7, 11) is -3.71. The molecule has 0 spiro atoms. The lowest BCUT2D eigenvalue weighted by atomic mass is 9.86. The Labute approximate surface area is 120 Å². The van der Waals surface area contributed by atoms with Crippen LogP contribution in [0, 0.1) is 23.6 Å². The summed E-state index contributed by atoms with van der Waals surface area (Å²) in [5.74, 6) is 0.224. The highest BCUT2D eigenvalue weighted by Crippen LogP contribution is 2.21. The molecular formula is C14H23FN2O2S. The largest absolute Gasteiger partial charge is 0.396 e. The molecule has 0 bridgehead atoms. The molecule has 1 rings (SSSR count). The number of nitrogens with one attached hydrogen (secondary N) is 1. The molecule has 4 nitrogen and oxygen atoms in total. The van der Waals surface area contributed by atoms with Crippen LogP contribution in [-0.4, -0.2) is 15.0 Å². The second-order valence-corrected chi connectivity index (χ2v) is 7.45. The maximum Gasteiger partial charge on any atom is 0.240 e. The molecule has 0 aliphatic rings. The van der Waals surface area contributed by atoms with Gasteiger partial charge in [0.25, 0.3) is 0 Å². The molecule has 6 heteroatoms. The fourth-order valence-electron chi connectivity index (χ4n) is 2.21. The number of hydrogen-bond donors (Lipinski definition) is 2. The Morgan fingerprint density at radius 2 is 1.75 bits per heavy atom. The first-order valence-electron chi connectivity index (χ1n) is 6.70. The van der Waals surface area contributed by atoms with E-state index in [1.165, 1.54) is 12.1 Å². The lowest BCUT2D eigenvalue weighted by Gasteiger charge is -2.25. The number of sulfonamides is 1. The van der Waals surface area contributed by atoms with E-state index in [0.717, 1.165) is 6.07 Å². The normalized spacial score (nSPS) is 12.6. The highest BCUT2D eigenvalue weighted by Gasteiger charge is 2.22. The van der Waals surface area contributed by atoms with Gasteiger partial charge in [0.15, 0.2) is 0 Å². The Bertz CT molecular complexity index is 548. The molecule has 1 aromatic rings. The monoisotopic (exact) mass is 302 g/mol. The average Bonchev–Trinajstić information content (AvgIpc) is 2.31. The van der Waals surface area contributed by atoms with Crippen molar-refractivity contribution >= 4 is 15.7 Å². The van der Waals surface area contributed by atoms with Gasteiger partial charge in [0.1, 0.15) is 5.82 Å². The quantitative estimate of drug-likeness (QED) is 0.793. The standard InChI is InChI=1S/C14H23FN2O2S/c1-9(2)12(10(3)4)8-17-20(18,19)11-5-6-14(16)13(15)7-11/h5-7,9-10,12,17H,8,16H2,1-4H3. The van der Waals surface area contributed by atoms with E-state index in [0.29, 0.717) is 18.4 Å². The predicted octanol–water partition coefficient (Wildman–Crippen LogP) is 2.61. The lowest BCUT2D eigenvalue weighted by Crippen LogP contribution is -2.34. The highest BCUT2D eigenvalue weighted by atomic mass is 32.2. The molecule has 0 radical (unpaired) electrons. The number of nitrogens with two attached hydrogens (primary N) is 1. The van der Waals surface area contributed by atoms with Crippen molar-refractivity contribution in [3.05, 3.63) is 24.0 Å². The molecule has 0 unspecified atom stereocenters. The van der Waals surface area contributed by atoms with Crippen molar-refractivity contribution in [3.8, 4) is 0 Å². The smallest absolute Gasteiger partial charge is 0.240 e. The molecule has 3 N–H and O–H groups in total. The van der Waals surface area contributed by atoms with E-state index in [9.17, 15) is 12.8 Å². The fraction of sp³-hybridized carbons (Fsp3) is 0.571. The fourth-order valence-corrected chi connectivity index (χ4v) is 3.29. The minimum absolute atomic E-state index is 0.0637. The topological polar surface area (TPSA) is 72.2 Å². The summed E-state index contributed by atoms with van der Waals surface area (Å²) >= 11 is 0. The number of hydrogen-bond acceptors (Lipinski definition) is 3. The lowest BCUT2D eigenvalue weighted by molar-refractivity contribution is 0.289. The molecule has 0 heterocycles. The van der Waals surface area contributed by atoms with Gasteiger partial charge in [0.2, 0.25) is 10.0 Å². The van der Waals surface area contributed by atoms with Crippen LogP contribution in [0.3, 0.4) is 0 Å². The van der Waals surface area contributed by atoms with E-state index in [4.69, 9.17) is 5.73 Å². The van der Waals surface area contributed by atoms with E-state index in [-0.39, 0.29) is 16.5 Å². The zero-order chi connectivity index (χ0) is 15.5. The van der Waals surface area contributed by atoms with Gasteiger partial charge in [-0.1, -0.05) is 27.7 Å². The molecule has 0 fully saturated rings. The molecule has 0 atom stereocenters. The molecule has 0 saturated carbocycles. The van der Waals surface area contributed by atoms with Crippen LogP contribution >= 0.6 is 0 Å². The minimum Gasteiger partial charge on any atom is -0.396 e. The van der Waals surface area contributed by atoms with Crippen LogP contribution in [0.4, 0.5) is 10.1 Å². The zero-order valence-corrected chi connectivity index (χ0v) is 13.2. The second kappa shape index (κ2) is 6.54. The summed E-state index contributed by atoms with van der Waals surface area (Å²) in [4.78, 5) is -0.101. The van der Waals surface area contributed by atoms with Gasteiger partial charge >= 0.3 is 0 Å². The Morgan fingerprint density at radius 3 is 2.20 bits per heavy atom. The highest BCUT2D eigenvalue weighted by molar-refractivity contribution is 7.89. The van der Waals surface area contributed by atoms with E-state index in [2.05, 4.69) is 32.4 Å². The van der Waals surface area contributed by atoms with Gasteiger partial charge in [-0.05, 0) is 36.0 Å². The minimum atomic E-state index is -3.71. The maximum absolute atomic E-state index is 13.3. The van der Waals surface area contributed by atoms with Crippen molar-refractivity contribution in [3.63, 3.8) is 0 Å². The summed E-state index contributed by atoms with van der Waals surface area (Å²) < 4.78 is 40.2. The first kappa shape index (κ1) is 16.9. The summed E-state index contributed by atoms with van der Waals surface area (Å²) in [6, 6.07) is 3.50. The third-order valence-corrected chi connectivity index (χ3v) is 4.93. The molecule has 1 aromatic carbocycles. The Hall–Kier alpha value is -1.14. The molecule has 20 heavy (non-hydrogen) atoms. The third-order valence-electron chi connectivity index (χ3n) is 3.50. The van der Waals surface area contributed by atoms with Crippen molar-refractivity contribution in [1.29, 1.82) is 0 Å². The van der Waals surface area contributed by atoms with E-state index >= 15 is 0 Å². The number of halogens is 1. The van der Waals surface area contributed by atoms with Gasteiger partial charge in [-0.2, -0.15) is 0 Å². The van der Waals surface area contributed by atoms with Crippen LogP contribution in [0.1, 0.15) is 27.7 Å². The summed E-state index contributed by atoms with van der Waals surface area (Å²) in [6.07, 6.45) is 0. The van der Waals surface area contributed by atoms with Crippen LogP contribution in [0.25, 0.3) is 0 Å². The first-order valence-corrected chi connectivity index (χ1v) is 8.18. The average molecular weight is 302 g/mol. The predicted molar refractivity (Wildman–Crippen MR) is 79.2 cm³/mol. The van der Waals surface area contributed by atoms with Crippen LogP contribution in [-0.2, 0) is 10.0 Å². The van der Waals surface area contributed by atoms with Gasteiger partial charge in [0.05, 0.1) is 10.6 Å².